The van der Waals surface area contributed by atoms with Gasteiger partial charge in [0.15, 0.2) is 5.78 Å². The topological polar surface area (TPSA) is 23.6 Å². The van der Waals surface area contributed by atoms with Gasteiger partial charge in [-0.2, -0.15) is 0 Å². The van der Waals surface area contributed by atoms with E-state index < -0.39 is 0 Å². The highest BCUT2D eigenvalue weighted by atomic mass is 16.1. The number of ketones is 1. The van der Waals surface area contributed by atoms with Crippen LogP contribution >= 0.6 is 0 Å². The minimum atomic E-state index is 0.0835. The van der Waals surface area contributed by atoms with Crippen molar-refractivity contribution in [3.8, 4) is 0 Å². The summed E-state index contributed by atoms with van der Waals surface area (Å²) in [6.45, 7) is 7.62. The van der Waals surface area contributed by atoms with E-state index in [0.29, 0.717) is 0 Å². The Bertz CT molecular complexity index is 709. The maximum Gasteiger partial charge on any atom is 0.187 e. The number of nitrogens with zero attached hydrogens (tertiary/aromatic N) is 2. The molecule has 1 fully saturated rings. The summed E-state index contributed by atoms with van der Waals surface area (Å²) >= 11 is 0. The third kappa shape index (κ3) is 4.04. The maximum absolute atomic E-state index is 12.6. The van der Waals surface area contributed by atoms with Gasteiger partial charge in [0.05, 0.1) is 0 Å². The molecule has 0 spiro atoms. The molecule has 2 aromatic rings. The molecule has 0 aromatic heterocycles. The van der Waals surface area contributed by atoms with Crippen molar-refractivity contribution < 1.29 is 4.79 Å². The number of unbranched alkanes of at least 4 members (excludes halogenated alkanes) is 1. The summed E-state index contributed by atoms with van der Waals surface area (Å²) in [5, 5.41) is 2.14. The van der Waals surface area contributed by atoms with E-state index in [9.17, 15) is 4.79 Å². The fourth-order valence-electron chi connectivity index (χ4n) is 3.22. The predicted molar refractivity (Wildman–Crippen MR) is 100 cm³/mol. The summed E-state index contributed by atoms with van der Waals surface area (Å²) in [5.41, 5.74) is 0.783. The van der Waals surface area contributed by atoms with E-state index >= 15 is 0 Å². The van der Waals surface area contributed by atoms with Gasteiger partial charge in [0, 0.05) is 44.0 Å². The van der Waals surface area contributed by atoms with Gasteiger partial charge in [-0.3, -0.25) is 9.69 Å². The van der Waals surface area contributed by atoms with Crippen LogP contribution in [0.2, 0.25) is 0 Å². The number of carbonyl (C=O) groups excluding carboxylic acids is 1. The van der Waals surface area contributed by atoms with Crippen LogP contribution in [0.1, 0.15) is 30.1 Å². The summed E-state index contributed by atoms with van der Waals surface area (Å²) in [7, 11) is 0. The Morgan fingerprint density at radius 2 is 1.79 bits per heavy atom. The van der Waals surface area contributed by atoms with Gasteiger partial charge < -0.3 is 4.90 Å². The lowest BCUT2D eigenvalue weighted by atomic mass is 10.0. The van der Waals surface area contributed by atoms with E-state index in [1.54, 1.807) is 6.08 Å². The molecule has 2 aromatic carbocycles. The second-order valence-electron chi connectivity index (χ2n) is 6.44. The number of piperazine rings is 1. The smallest absolute Gasteiger partial charge is 0.187 e. The van der Waals surface area contributed by atoms with Crippen molar-refractivity contribution in [1.29, 1.82) is 0 Å². The Kier molecular flexibility index (Phi) is 5.65. The van der Waals surface area contributed by atoms with Crippen LogP contribution in [0.25, 0.3) is 10.8 Å². The number of allylic oxidation sites excluding steroid dienone is 1. The first-order chi connectivity index (χ1) is 11.8. The number of rotatable bonds is 6. The molecule has 0 saturated carbocycles. The zero-order valence-electron chi connectivity index (χ0n) is 14.4. The Balaban J connectivity index is 1.62. The highest BCUT2D eigenvalue weighted by molar-refractivity contribution is 6.13. The van der Waals surface area contributed by atoms with Crippen LogP contribution < -0.4 is 0 Å². The van der Waals surface area contributed by atoms with Gasteiger partial charge in [-0.25, -0.2) is 0 Å². The molecule has 1 aliphatic heterocycles. The molecule has 0 amide bonds. The number of fused-ring (bicyclic) bond motifs is 1. The van der Waals surface area contributed by atoms with Crippen LogP contribution in [0.3, 0.4) is 0 Å². The molecule has 126 valence electrons. The number of benzene rings is 2. The quantitative estimate of drug-likeness (QED) is 0.594. The third-order valence-corrected chi connectivity index (χ3v) is 4.73. The third-order valence-electron chi connectivity index (χ3n) is 4.73. The van der Waals surface area contributed by atoms with E-state index in [1.807, 2.05) is 48.7 Å². The van der Waals surface area contributed by atoms with Gasteiger partial charge in [-0.15, -0.1) is 0 Å². The molecular formula is C21H26N2O. The monoisotopic (exact) mass is 322 g/mol. The minimum Gasteiger partial charge on any atom is -0.375 e. The molecule has 3 nitrogen and oxygen atoms in total. The Hall–Kier alpha value is -2.13. The lowest BCUT2D eigenvalue weighted by Crippen LogP contribution is -2.44. The van der Waals surface area contributed by atoms with Crippen molar-refractivity contribution in [2.45, 2.75) is 19.8 Å². The molecule has 1 aliphatic rings. The standard InChI is InChI=1S/C21H26N2O/c1-2-3-12-22-14-16-23(17-15-22)13-11-21(24)20-10-6-8-18-7-4-5-9-19(18)20/h4-11,13H,2-3,12,14-17H2,1H3. The van der Waals surface area contributed by atoms with Crippen LogP contribution in [0, 0.1) is 0 Å². The van der Waals surface area contributed by atoms with E-state index in [1.165, 1.54) is 19.4 Å². The van der Waals surface area contributed by atoms with E-state index in [0.717, 1.165) is 42.5 Å². The van der Waals surface area contributed by atoms with Crippen molar-refractivity contribution in [3.63, 3.8) is 0 Å². The second kappa shape index (κ2) is 8.11. The molecule has 0 aliphatic carbocycles. The molecular weight excluding hydrogens is 296 g/mol. The summed E-state index contributed by atoms with van der Waals surface area (Å²) < 4.78 is 0. The van der Waals surface area contributed by atoms with Gasteiger partial charge in [-0.05, 0) is 23.7 Å². The normalized spacial score (nSPS) is 16.1. The van der Waals surface area contributed by atoms with Gasteiger partial charge in [-0.1, -0.05) is 55.8 Å². The predicted octanol–water partition coefficient (Wildman–Crippen LogP) is 3.95. The maximum atomic E-state index is 12.6. The molecule has 0 radical (unpaired) electrons. The van der Waals surface area contributed by atoms with E-state index in [2.05, 4.69) is 16.7 Å². The van der Waals surface area contributed by atoms with Gasteiger partial charge in [0.2, 0.25) is 0 Å². The highest BCUT2D eigenvalue weighted by Crippen LogP contribution is 2.19. The first kappa shape index (κ1) is 16.7. The van der Waals surface area contributed by atoms with Gasteiger partial charge in [0.25, 0.3) is 0 Å². The first-order valence-corrected chi connectivity index (χ1v) is 8.94. The highest BCUT2D eigenvalue weighted by Gasteiger charge is 2.14. The molecule has 1 saturated heterocycles. The van der Waals surface area contributed by atoms with Crippen molar-refractivity contribution in [3.05, 3.63) is 60.3 Å². The average molecular weight is 322 g/mol. The Morgan fingerprint density at radius 1 is 1.04 bits per heavy atom. The summed E-state index contributed by atoms with van der Waals surface area (Å²) in [5.74, 6) is 0.0835. The van der Waals surface area contributed by atoms with Crippen LogP contribution in [-0.2, 0) is 0 Å². The fraction of sp³-hybridized carbons (Fsp3) is 0.381. The zero-order chi connectivity index (χ0) is 16.8. The lowest BCUT2D eigenvalue weighted by molar-refractivity contribution is 0.104. The van der Waals surface area contributed by atoms with Crippen molar-refractivity contribution >= 4 is 16.6 Å². The van der Waals surface area contributed by atoms with Gasteiger partial charge >= 0.3 is 0 Å². The number of carbonyl (C=O) groups is 1. The first-order valence-electron chi connectivity index (χ1n) is 8.94. The molecule has 24 heavy (non-hydrogen) atoms. The van der Waals surface area contributed by atoms with Crippen LogP contribution in [0.5, 0.6) is 0 Å². The zero-order valence-corrected chi connectivity index (χ0v) is 14.4. The lowest BCUT2D eigenvalue weighted by Gasteiger charge is -2.33. The van der Waals surface area contributed by atoms with Crippen LogP contribution in [0.4, 0.5) is 0 Å². The molecule has 3 rings (SSSR count). The number of hydrogen-bond donors (Lipinski definition) is 0. The molecule has 0 atom stereocenters. The van der Waals surface area contributed by atoms with Gasteiger partial charge in [0.1, 0.15) is 0 Å². The summed E-state index contributed by atoms with van der Waals surface area (Å²) in [6, 6.07) is 14.0. The Morgan fingerprint density at radius 3 is 2.58 bits per heavy atom. The molecule has 1 heterocycles. The Labute approximate surface area is 144 Å². The summed E-state index contributed by atoms with van der Waals surface area (Å²) in [4.78, 5) is 17.4. The molecule has 0 bridgehead atoms. The van der Waals surface area contributed by atoms with E-state index in [4.69, 9.17) is 0 Å². The fourth-order valence-corrected chi connectivity index (χ4v) is 3.22. The van der Waals surface area contributed by atoms with Crippen LogP contribution in [-0.4, -0.2) is 48.3 Å². The molecule has 3 heteroatoms. The molecule has 0 N–H and O–H groups in total. The molecule has 0 unspecified atom stereocenters. The van der Waals surface area contributed by atoms with Crippen LogP contribution in [0.15, 0.2) is 54.7 Å². The average Bonchev–Trinajstić information content (AvgIpc) is 2.64. The van der Waals surface area contributed by atoms with Crippen molar-refractivity contribution in [2.24, 2.45) is 0 Å². The van der Waals surface area contributed by atoms with Crippen molar-refractivity contribution in [1.82, 2.24) is 9.80 Å². The SMILES string of the molecule is CCCCN1CCN(C=CC(=O)c2cccc3ccccc23)CC1. The minimum absolute atomic E-state index is 0.0835. The number of hydrogen-bond acceptors (Lipinski definition) is 3. The largest absolute Gasteiger partial charge is 0.375 e. The second-order valence-corrected chi connectivity index (χ2v) is 6.44. The van der Waals surface area contributed by atoms with E-state index in [-0.39, 0.29) is 5.78 Å². The summed E-state index contributed by atoms with van der Waals surface area (Å²) in [6.07, 6.45) is 6.22. The van der Waals surface area contributed by atoms with Crippen molar-refractivity contribution in [2.75, 3.05) is 32.7 Å².